The fourth-order valence-corrected chi connectivity index (χ4v) is 7.27. The number of carbonyl (C=O) groups is 2. The van der Waals surface area contributed by atoms with Gasteiger partial charge in [0.25, 0.3) is 0 Å². The van der Waals surface area contributed by atoms with E-state index >= 15 is 0 Å². The lowest BCUT2D eigenvalue weighted by Crippen LogP contribution is -2.29. The van der Waals surface area contributed by atoms with Gasteiger partial charge in [0.2, 0.25) is 0 Å². The Bertz CT molecular complexity index is 968. The zero-order valence-electron chi connectivity index (χ0n) is 36.8. The minimum Gasteiger partial charge on any atom is -0.462 e. The number of phosphoric ester groups is 1. The van der Waals surface area contributed by atoms with Crippen molar-refractivity contribution in [2.75, 3.05) is 20.3 Å². The van der Waals surface area contributed by atoms with Crippen molar-refractivity contribution in [2.45, 2.75) is 245 Å². The number of carbonyl (C=O) groups excluding carboxylic acids is 2. The molecule has 0 rings (SSSR count). The summed E-state index contributed by atoms with van der Waals surface area (Å²) in [4.78, 5) is 34.5. The average Bonchev–Trinajstić information content (AvgIpc) is 3.19. The summed E-state index contributed by atoms with van der Waals surface area (Å²) < 4.78 is 32.0. The van der Waals surface area contributed by atoms with Gasteiger partial charge in [0.05, 0.1) is 6.61 Å². The first-order chi connectivity index (χ1) is 27.3. The van der Waals surface area contributed by atoms with Crippen LogP contribution in [0.2, 0.25) is 0 Å². The molecule has 0 radical (unpaired) electrons. The molecule has 1 N–H and O–H groups in total. The maximum absolute atomic E-state index is 12.5. The highest BCUT2D eigenvalue weighted by molar-refractivity contribution is 7.47. The molecule has 9 heteroatoms. The summed E-state index contributed by atoms with van der Waals surface area (Å²) in [6.07, 6.45) is 49.5. The second kappa shape index (κ2) is 43.1. The molecule has 8 nitrogen and oxygen atoms in total. The molecule has 0 bridgehead atoms. The van der Waals surface area contributed by atoms with Crippen LogP contribution in [0.5, 0.6) is 0 Å². The summed E-state index contributed by atoms with van der Waals surface area (Å²) in [6.45, 7) is 3.88. The Balaban J connectivity index is 3.89. The number of hydrogen-bond acceptors (Lipinski definition) is 7. The fourth-order valence-electron chi connectivity index (χ4n) is 6.81. The Morgan fingerprint density at radius 2 is 0.857 bits per heavy atom. The third kappa shape index (κ3) is 42.1. The van der Waals surface area contributed by atoms with Crippen LogP contribution in [-0.2, 0) is 32.7 Å². The van der Waals surface area contributed by atoms with Crippen molar-refractivity contribution in [2.24, 2.45) is 0 Å². The topological polar surface area (TPSA) is 108 Å². The average molecular weight is 813 g/mol. The summed E-state index contributed by atoms with van der Waals surface area (Å²) in [7, 11) is -3.20. The maximum atomic E-state index is 12.5. The Morgan fingerprint density at radius 3 is 1.29 bits per heavy atom. The molecule has 0 saturated heterocycles. The first-order valence-electron chi connectivity index (χ1n) is 23.5. The van der Waals surface area contributed by atoms with E-state index in [0.29, 0.717) is 12.8 Å². The van der Waals surface area contributed by atoms with Crippen molar-refractivity contribution in [3.63, 3.8) is 0 Å². The van der Waals surface area contributed by atoms with Crippen molar-refractivity contribution in [1.29, 1.82) is 0 Å². The summed E-state index contributed by atoms with van der Waals surface area (Å²) in [5, 5.41) is 0. The number of hydrogen-bond donors (Lipinski definition) is 1. The molecule has 0 aromatic carbocycles. The van der Waals surface area contributed by atoms with E-state index in [9.17, 15) is 19.0 Å². The van der Waals surface area contributed by atoms with Gasteiger partial charge in [0, 0.05) is 20.0 Å². The number of allylic oxidation sites excluding steroid dienone is 4. The highest BCUT2D eigenvalue weighted by Gasteiger charge is 2.24. The molecule has 0 spiro atoms. The third-order valence-electron chi connectivity index (χ3n) is 10.4. The number of esters is 2. The molecule has 56 heavy (non-hydrogen) atoms. The Kier molecular flexibility index (Phi) is 42.0. The zero-order chi connectivity index (χ0) is 41.1. The van der Waals surface area contributed by atoms with Gasteiger partial charge in [-0.25, -0.2) is 4.57 Å². The maximum Gasteiger partial charge on any atom is 0.472 e. The molecule has 0 fully saturated rings. The Morgan fingerprint density at radius 1 is 0.500 bits per heavy atom. The monoisotopic (exact) mass is 813 g/mol. The van der Waals surface area contributed by atoms with Crippen LogP contribution in [0.4, 0.5) is 0 Å². The highest BCUT2D eigenvalue weighted by atomic mass is 31.2. The van der Waals surface area contributed by atoms with Crippen molar-refractivity contribution in [1.82, 2.24) is 0 Å². The quantitative estimate of drug-likeness (QED) is 0.0280. The van der Waals surface area contributed by atoms with Gasteiger partial charge in [0.1, 0.15) is 6.61 Å². The number of ether oxygens (including phenoxy) is 2. The lowest BCUT2D eigenvalue weighted by molar-refractivity contribution is -0.161. The second-order valence-corrected chi connectivity index (χ2v) is 17.5. The van der Waals surface area contributed by atoms with Crippen LogP contribution in [0, 0.1) is 0 Å². The predicted molar refractivity (Wildman–Crippen MR) is 235 cm³/mol. The molecule has 330 valence electrons. The highest BCUT2D eigenvalue weighted by Crippen LogP contribution is 2.42. The first kappa shape index (κ1) is 54.5. The molecule has 0 aliphatic heterocycles. The van der Waals surface area contributed by atoms with Gasteiger partial charge in [-0.05, 0) is 44.9 Å². The molecule has 0 aliphatic carbocycles. The van der Waals surface area contributed by atoms with Gasteiger partial charge >= 0.3 is 19.8 Å². The van der Waals surface area contributed by atoms with Crippen molar-refractivity contribution < 1.29 is 37.6 Å². The molecule has 0 amide bonds. The first-order valence-corrected chi connectivity index (χ1v) is 25.0. The van der Waals surface area contributed by atoms with Gasteiger partial charge in [0.15, 0.2) is 6.10 Å². The molecule has 2 atom stereocenters. The van der Waals surface area contributed by atoms with Gasteiger partial charge in [-0.3, -0.25) is 18.6 Å². The standard InChI is InChI=1S/C47H89O8P/c1-4-6-8-10-12-14-16-18-20-21-22-23-24-25-26-28-29-31-33-35-37-39-41-46(48)53-43-45(44-54-56(50,51)52-3)55-47(49)42-40-38-36-34-32-30-27-19-17-15-13-11-9-7-5-2/h13,15,19,27,45H,4-12,14,16-18,20-26,28-44H2,1-3H3,(H,50,51)/b15-13-,27-19-. The summed E-state index contributed by atoms with van der Waals surface area (Å²) >= 11 is 0. The van der Waals surface area contributed by atoms with Gasteiger partial charge in [-0.15, -0.1) is 0 Å². The summed E-state index contributed by atoms with van der Waals surface area (Å²) in [5.41, 5.74) is 0. The van der Waals surface area contributed by atoms with Crippen LogP contribution in [0.25, 0.3) is 0 Å². The van der Waals surface area contributed by atoms with Crippen LogP contribution >= 0.6 is 7.82 Å². The van der Waals surface area contributed by atoms with Crippen LogP contribution in [0.3, 0.4) is 0 Å². The van der Waals surface area contributed by atoms with Crippen LogP contribution in [0.15, 0.2) is 24.3 Å². The van der Waals surface area contributed by atoms with Gasteiger partial charge < -0.3 is 14.4 Å². The normalized spacial score (nSPS) is 13.4. The van der Waals surface area contributed by atoms with Crippen LogP contribution in [0.1, 0.15) is 239 Å². The Labute approximate surface area is 345 Å². The minimum absolute atomic E-state index is 0.226. The van der Waals surface area contributed by atoms with E-state index in [1.54, 1.807) is 0 Å². The SMILES string of the molecule is CCCCC/C=C\C/C=C\CCCCCCCC(=O)OC(COC(=O)CCCCCCCCCCCCCCCCCCCCCCCC)COP(=O)(O)OC. The lowest BCUT2D eigenvalue weighted by atomic mass is 10.0. The van der Waals surface area contributed by atoms with Crippen molar-refractivity contribution in [3.05, 3.63) is 24.3 Å². The number of unbranched alkanes of at least 4 members (excludes halogenated alkanes) is 29. The molecule has 0 aromatic rings. The number of rotatable bonds is 44. The van der Waals surface area contributed by atoms with E-state index in [1.807, 2.05) is 0 Å². The molecule has 2 unspecified atom stereocenters. The van der Waals surface area contributed by atoms with Gasteiger partial charge in [-0.2, -0.15) is 0 Å². The molecular formula is C47H89O8P. The molecule has 0 aromatic heterocycles. The predicted octanol–water partition coefficient (Wildman–Crippen LogP) is 15.0. The largest absolute Gasteiger partial charge is 0.472 e. The van der Waals surface area contributed by atoms with E-state index < -0.39 is 26.5 Å². The molecule has 0 heterocycles. The van der Waals surface area contributed by atoms with E-state index in [0.717, 1.165) is 64.9 Å². The van der Waals surface area contributed by atoms with Crippen molar-refractivity contribution in [3.8, 4) is 0 Å². The second-order valence-electron chi connectivity index (χ2n) is 15.9. The van der Waals surface area contributed by atoms with Crippen molar-refractivity contribution >= 4 is 19.8 Å². The molecule has 0 aliphatic rings. The van der Waals surface area contributed by atoms with E-state index in [4.69, 9.17) is 14.0 Å². The van der Waals surface area contributed by atoms with E-state index in [1.165, 1.54) is 148 Å². The molecular weight excluding hydrogens is 723 g/mol. The fraction of sp³-hybridized carbons (Fsp3) is 0.872. The minimum atomic E-state index is -4.26. The smallest absolute Gasteiger partial charge is 0.462 e. The van der Waals surface area contributed by atoms with E-state index in [-0.39, 0.29) is 19.0 Å². The zero-order valence-corrected chi connectivity index (χ0v) is 37.7. The third-order valence-corrected chi connectivity index (χ3v) is 11.4. The van der Waals surface area contributed by atoms with Crippen LogP contribution < -0.4 is 0 Å². The van der Waals surface area contributed by atoms with Gasteiger partial charge in [-0.1, -0.05) is 205 Å². The van der Waals surface area contributed by atoms with E-state index in [2.05, 4.69) is 42.7 Å². The number of phosphoric acid groups is 1. The Hall–Kier alpha value is -1.47. The lowest BCUT2D eigenvalue weighted by Gasteiger charge is -2.19. The summed E-state index contributed by atoms with van der Waals surface area (Å²) in [5.74, 6) is -0.808. The molecule has 0 saturated carbocycles. The summed E-state index contributed by atoms with van der Waals surface area (Å²) in [6, 6.07) is 0. The van der Waals surface area contributed by atoms with Crippen LogP contribution in [-0.4, -0.2) is 43.3 Å².